The number of rotatable bonds is 9. The van der Waals surface area contributed by atoms with Gasteiger partial charge in [-0.3, -0.25) is 9.78 Å². The number of hydrogen-bond acceptors (Lipinski definition) is 6. The third kappa shape index (κ3) is 5.34. The molecule has 0 radical (unpaired) electrons. The molecule has 0 aliphatic rings. The van der Waals surface area contributed by atoms with Gasteiger partial charge in [0, 0.05) is 12.4 Å². The minimum absolute atomic E-state index is 0.0320. The number of fused-ring (bicyclic) bond motifs is 1. The van der Waals surface area contributed by atoms with Gasteiger partial charge >= 0.3 is 23.9 Å². The lowest BCUT2D eigenvalue weighted by Crippen LogP contribution is -2.63. The van der Waals surface area contributed by atoms with E-state index in [9.17, 15) is 44.3 Å². The standard InChI is InChI=1S/C19H13Cl2F9N6O2/c1-2-38-14-7(13(37)32-6-16(22,23)17(24,25)18(26,27)19(28,29)30)3-10-12(35-14)36-15(33-10)34-11-8(20)4-31-5-9(11)21/h3-5H,2,6H2,1H3,(H,32,37)(H2,31,33,34,35,36). The molecule has 3 rings (SSSR count). The van der Waals surface area contributed by atoms with Crippen LogP contribution in [0.5, 0.6) is 5.88 Å². The molecule has 3 aromatic rings. The lowest BCUT2D eigenvalue weighted by molar-refractivity contribution is -0.394. The number of amides is 1. The van der Waals surface area contributed by atoms with Crippen molar-refractivity contribution in [2.24, 2.45) is 0 Å². The number of imidazole rings is 1. The molecule has 3 N–H and O–H groups in total. The third-order valence-electron chi connectivity index (χ3n) is 4.74. The number of alkyl halides is 9. The van der Waals surface area contributed by atoms with Gasteiger partial charge in [0.25, 0.3) is 5.91 Å². The molecular formula is C19H13Cl2F9N6O2. The number of nitrogens with one attached hydrogen (secondary N) is 3. The first-order valence-corrected chi connectivity index (χ1v) is 10.8. The van der Waals surface area contributed by atoms with Gasteiger partial charge in [-0.05, 0) is 13.0 Å². The predicted molar refractivity (Wildman–Crippen MR) is 116 cm³/mol. The van der Waals surface area contributed by atoms with Gasteiger partial charge in [-0.1, -0.05) is 23.2 Å². The summed E-state index contributed by atoms with van der Waals surface area (Å²) in [6, 6.07) is 0.917. The summed E-state index contributed by atoms with van der Waals surface area (Å²) in [4.78, 5) is 26.9. The SMILES string of the molecule is CCOc1nc2[nH]c(Nc3c(Cl)cncc3Cl)nc2cc1C(=O)NCC(F)(F)C(F)(F)C(F)(F)C(F)(F)F. The molecule has 38 heavy (non-hydrogen) atoms. The minimum Gasteiger partial charge on any atom is -0.477 e. The molecule has 0 bridgehead atoms. The normalized spacial score (nSPS) is 13.1. The van der Waals surface area contributed by atoms with Crippen LogP contribution in [0.3, 0.4) is 0 Å². The number of halogens is 11. The highest BCUT2D eigenvalue weighted by Gasteiger charge is 2.81. The summed E-state index contributed by atoms with van der Waals surface area (Å²) >= 11 is 12.0. The number of nitrogens with zero attached hydrogens (tertiary/aromatic N) is 3. The highest BCUT2D eigenvalue weighted by Crippen LogP contribution is 2.52. The van der Waals surface area contributed by atoms with Crippen molar-refractivity contribution in [3.8, 4) is 5.88 Å². The zero-order valence-corrected chi connectivity index (χ0v) is 20.0. The maximum atomic E-state index is 13.8. The van der Waals surface area contributed by atoms with Crippen LogP contribution >= 0.6 is 23.2 Å². The van der Waals surface area contributed by atoms with Crippen LogP contribution in [0.1, 0.15) is 17.3 Å². The van der Waals surface area contributed by atoms with Gasteiger partial charge in [-0.2, -0.15) is 44.5 Å². The number of aromatic amines is 1. The Bertz CT molecular complexity index is 1330. The molecule has 208 valence electrons. The molecule has 3 heterocycles. The molecule has 19 heteroatoms. The van der Waals surface area contributed by atoms with Gasteiger partial charge in [0.1, 0.15) is 11.1 Å². The fourth-order valence-electron chi connectivity index (χ4n) is 2.85. The monoisotopic (exact) mass is 598 g/mol. The van der Waals surface area contributed by atoms with E-state index in [0.717, 1.165) is 6.07 Å². The van der Waals surface area contributed by atoms with Crippen molar-refractivity contribution < 1.29 is 49.0 Å². The smallest absolute Gasteiger partial charge is 0.460 e. The Morgan fingerprint density at radius 2 is 1.61 bits per heavy atom. The van der Waals surface area contributed by atoms with Crippen molar-refractivity contribution in [1.82, 2.24) is 25.3 Å². The highest BCUT2D eigenvalue weighted by atomic mass is 35.5. The Labute approximate surface area is 215 Å². The zero-order chi connectivity index (χ0) is 28.7. The highest BCUT2D eigenvalue weighted by molar-refractivity contribution is 6.39. The van der Waals surface area contributed by atoms with E-state index in [1.165, 1.54) is 24.6 Å². The summed E-state index contributed by atoms with van der Waals surface area (Å²) in [5.74, 6) is -22.2. The van der Waals surface area contributed by atoms with Crippen LogP contribution < -0.4 is 15.4 Å². The van der Waals surface area contributed by atoms with Crippen LogP contribution in [-0.4, -0.2) is 62.9 Å². The van der Waals surface area contributed by atoms with E-state index in [-0.39, 0.29) is 39.5 Å². The second-order valence-electron chi connectivity index (χ2n) is 7.36. The molecule has 0 atom stereocenters. The fraction of sp³-hybridized carbons (Fsp3) is 0.368. The van der Waals surface area contributed by atoms with Crippen LogP contribution in [0.2, 0.25) is 10.0 Å². The van der Waals surface area contributed by atoms with Crippen molar-refractivity contribution in [2.75, 3.05) is 18.5 Å². The number of hydrogen-bond donors (Lipinski definition) is 3. The number of anilines is 2. The lowest BCUT2D eigenvalue weighted by Gasteiger charge is -2.33. The molecular weight excluding hydrogens is 586 g/mol. The second kappa shape index (κ2) is 10.2. The molecule has 0 aliphatic heterocycles. The molecule has 8 nitrogen and oxygen atoms in total. The van der Waals surface area contributed by atoms with Crippen molar-refractivity contribution in [2.45, 2.75) is 30.9 Å². The first-order valence-electron chi connectivity index (χ1n) is 10.0. The number of ether oxygens (including phenoxy) is 1. The first-order chi connectivity index (χ1) is 17.4. The Morgan fingerprint density at radius 3 is 2.16 bits per heavy atom. The van der Waals surface area contributed by atoms with Crippen LogP contribution in [0.25, 0.3) is 11.2 Å². The van der Waals surface area contributed by atoms with E-state index in [2.05, 4.69) is 25.3 Å². The van der Waals surface area contributed by atoms with Crippen LogP contribution in [0, 0.1) is 0 Å². The maximum Gasteiger partial charge on any atom is 0.460 e. The fourth-order valence-corrected chi connectivity index (χ4v) is 3.31. The average molecular weight is 599 g/mol. The number of aromatic nitrogens is 4. The third-order valence-corrected chi connectivity index (χ3v) is 5.31. The summed E-state index contributed by atoms with van der Waals surface area (Å²) in [6.07, 6.45) is -4.47. The zero-order valence-electron chi connectivity index (χ0n) is 18.5. The second-order valence-corrected chi connectivity index (χ2v) is 8.18. The van der Waals surface area contributed by atoms with Crippen LogP contribution in [0.15, 0.2) is 18.5 Å². The van der Waals surface area contributed by atoms with Gasteiger partial charge < -0.3 is 20.4 Å². The summed E-state index contributed by atoms with van der Waals surface area (Å²) in [7, 11) is 0. The lowest BCUT2D eigenvalue weighted by atomic mass is 10.0. The van der Waals surface area contributed by atoms with Crippen molar-refractivity contribution in [3.05, 3.63) is 34.1 Å². The molecule has 0 saturated carbocycles. The number of pyridine rings is 2. The summed E-state index contributed by atoms with van der Waals surface area (Å²) < 4.78 is 123. The van der Waals surface area contributed by atoms with Crippen LogP contribution in [0.4, 0.5) is 51.1 Å². The quantitative estimate of drug-likeness (QED) is 0.261. The van der Waals surface area contributed by atoms with Gasteiger partial charge in [-0.25, -0.2) is 4.98 Å². The van der Waals surface area contributed by atoms with E-state index in [1.807, 2.05) is 0 Å². The largest absolute Gasteiger partial charge is 0.477 e. The van der Waals surface area contributed by atoms with E-state index in [1.54, 1.807) is 0 Å². The van der Waals surface area contributed by atoms with E-state index in [0.29, 0.717) is 0 Å². The number of carbonyl (C=O) groups is 1. The molecule has 0 aliphatic carbocycles. The minimum atomic E-state index is -7.09. The van der Waals surface area contributed by atoms with Gasteiger partial charge in [0.05, 0.1) is 28.9 Å². The van der Waals surface area contributed by atoms with Crippen molar-refractivity contribution >= 4 is 51.9 Å². The topological polar surface area (TPSA) is 105 Å². The van der Waals surface area contributed by atoms with Gasteiger partial charge in [0.15, 0.2) is 5.65 Å². The molecule has 0 fully saturated rings. The van der Waals surface area contributed by atoms with Gasteiger partial charge in [-0.15, -0.1) is 0 Å². The first kappa shape index (κ1) is 29.3. The van der Waals surface area contributed by atoms with E-state index in [4.69, 9.17) is 27.9 Å². The Kier molecular flexibility index (Phi) is 7.85. The number of carbonyl (C=O) groups excluding carboxylic acids is 1. The molecule has 3 aromatic heterocycles. The molecule has 0 unspecified atom stereocenters. The molecule has 0 saturated heterocycles. The van der Waals surface area contributed by atoms with Gasteiger partial charge in [0.2, 0.25) is 11.8 Å². The van der Waals surface area contributed by atoms with Crippen LogP contribution in [-0.2, 0) is 0 Å². The Balaban J connectivity index is 1.89. The van der Waals surface area contributed by atoms with E-state index >= 15 is 0 Å². The Morgan fingerprint density at radius 1 is 1.00 bits per heavy atom. The van der Waals surface area contributed by atoms with Crippen molar-refractivity contribution in [1.29, 1.82) is 0 Å². The summed E-state index contributed by atoms with van der Waals surface area (Å²) in [6.45, 7) is -1.28. The Hall–Kier alpha value is -3.21. The summed E-state index contributed by atoms with van der Waals surface area (Å²) in [5.41, 5.74) is -0.637. The predicted octanol–water partition coefficient (Wildman–Crippen LogP) is 6.00. The number of H-pyrrole nitrogens is 1. The molecule has 0 spiro atoms. The molecule has 1 amide bonds. The maximum absolute atomic E-state index is 13.8. The average Bonchev–Trinajstić information content (AvgIpc) is 3.20. The molecule has 0 aromatic carbocycles. The van der Waals surface area contributed by atoms with Crippen molar-refractivity contribution in [3.63, 3.8) is 0 Å². The van der Waals surface area contributed by atoms with E-state index < -0.39 is 47.8 Å². The summed E-state index contributed by atoms with van der Waals surface area (Å²) in [5, 5.41) is 4.11.